The molecule has 0 saturated carbocycles. The van der Waals surface area contributed by atoms with Gasteiger partial charge in [-0.3, -0.25) is 18.7 Å². The van der Waals surface area contributed by atoms with Crippen molar-refractivity contribution in [2.75, 3.05) is 5.75 Å². The number of allylic oxidation sites excluding steroid dienone is 3. The van der Waals surface area contributed by atoms with E-state index < -0.39 is 9.71 Å². The van der Waals surface area contributed by atoms with Crippen LogP contribution >= 0.6 is 0 Å². The zero-order valence-electron chi connectivity index (χ0n) is 25.7. The van der Waals surface area contributed by atoms with Crippen LogP contribution in [0.2, 0.25) is 0 Å². The van der Waals surface area contributed by atoms with Crippen molar-refractivity contribution in [3.05, 3.63) is 111 Å². The Hall–Kier alpha value is -3.81. The average molecular weight is 573 g/mol. The van der Waals surface area contributed by atoms with Gasteiger partial charge < -0.3 is 0 Å². The minimum Gasteiger partial charge on any atom is -0.289 e. The van der Waals surface area contributed by atoms with E-state index in [4.69, 9.17) is 0 Å². The third kappa shape index (κ3) is 9.95. The number of benzene rings is 1. The molecule has 4 aromatic rings. The number of hydrogen-bond acceptors (Lipinski definition) is 4. The van der Waals surface area contributed by atoms with E-state index in [-0.39, 0.29) is 5.43 Å². The molecule has 0 radical (unpaired) electrons. The van der Waals surface area contributed by atoms with E-state index in [1.54, 1.807) is 17.1 Å². The van der Waals surface area contributed by atoms with Gasteiger partial charge in [-0.05, 0) is 56.8 Å². The second-order valence-electron chi connectivity index (χ2n) is 9.58. The molecule has 2 aromatic heterocycles. The lowest BCUT2D eigenvalue weighted by molar-refractivity contribution is 0.670. The molecule has 0 aliphatic heterocycles. The molecule has 1 N–H and O–H groups in total. The van der Waals surface area contributed by atoms with Crippen molar-refractivity contribution in [3.63, 3.8) is 0 Å². The van der Waals surface area contributed by atoms with Crippen LogP contribution < -0.4 is 10.2 Å². The molecule has 2 heterocycles. The Morgan fingerprint density at radius 2 is 1.83 bits per heavy atom. The standard InChI is InChI=1S/C21H21N3O.C11H17NOS.C2H6/c1-5-14(2)6-7-16-8-9-20-19(21(25)15(16)3)10-17(11-22-20)18-12-23-24(4)13-18;1-4-14(3,13)12-9-11-7-5-6-10(2)8-11;1-2/h5-13H,1-4H3;5-8H,3-4,9H2,1-2H3,(H,12,13);1-2H3/b7-6-,14-5-;;. The Morgan fingerprint density at radius 1 is 1.10 bits per heavy atom. The summed E-state index contributed by atoms with van der Waals surface area (Å²) in [5.74, 6) is 4.21. The Kier molecular flexibility index (Phi) is 12.9. The number of nitrogens with one attached hydrogen (secondary N) is 1. The van der Waals surface area contributed by atoms with Crippen molar-refractivity contribution in [1.29, 1.82) is 0 Å². The van der Waals surface area contributed by atoms with E-state index in [1.807, 2.05) is 116 Å². The number of fused-ring (bicyclic) bond motifs is 1. The zero-order valence-corrected chi connectivity index (χ0v) is 26.5. The van der Waals surface area contributed by atoms with Crippen LogP contribution in [0.3, 0.4) is 0 Å². The highest BCUT2D eigenvalue weighted by atomic mass is 32.2. The van der Waals surface area contributed by atoms with Crippen molar-refractivity contribution in [1.82, 2.24) is 19.5 Å². The Bertz CT molecular complexity index is 1680. The van der Waals surface area contributed by atoms with E-state index >= 15 is 0 Å². The molecule has 7 heteroatoms. The highest BCUT2D eigenvalue weighted by Gasteiger charge is 2.08. The van der Waals surface area contributed by atoms with Gasteiger partial charge in [0.05, 0.1) is 11.7 Å². The predicted octanol–water partition coefficient (Wildman–Crippen LogP) is 7.05. The van der Waals surface area contributed by atoms with Gasteiger partial charge in [-0.2, -0.15) is 5.10 Å². The van der Waals surface area contributed by atoms with Crippen LogP contribution in [0.15, 0.2) is 83.6 Å². The molecular formula is C34H44N4O2S. The number of hydrogen-bond donors (Lipinski definition) is 1. The van der Waals surface area contributed by atoms with Gasteiger partial charge in [-0.25, -0.2) is 4.72 Å². The van der Waals surface area contributed by atoms with Crippen LogP contribution in [0.25, 0.3) is 28.1 Å². The lowest BCUT2D eigenvalue weighted by atomic mass is 10.1. The van der Waals surface area contributed by atoms with Gasteiger partial charge in [0.15, 0.2) is 5.43 Å². The van der Waals surface area contributed by atoms with E-state index in [0.29, 0.717) is 23.2 Å². The molecule has 6 nitrogen and oxygen atoms in total. The summed E-state index contributed by atoms with van der Waals surface area (Å²) in [5, 5.41) is 4.81. The minimum atomic E-state index is -2.08. The summed E-state index contributed by atoms with van der Waals surface area (Å²) >= 11 is 0. The normalized spacial score (nSPS) is 12.7. The molecule has 0 aliphatic rings. The van der Waals surface area contributed by atoms with E-state index in [9.17, 15) is 9.00 Å². The molecule has 0 bridgehead atoms. The first kappa shape index (κ1) is 33.4. The lowest BCUT2D eigenvalue weighted by Crippen LogP contribution is -2.24. The Balaban J connectivity index is 0.000000312. The number of rotatable bonds is 7. The summed E-state index contributed by atoms with van der Waals surface area (Å²) in [4.78, 5) is 17.4. The van der Waals surface area contributed by atoms with Crippen LogP contribution in [0.1, 0.15) is 56.9 Å². The zero-order chi connectivity index (χ0) is 30.6. The van der Waals surface area contributed by atoms with Gasteiger partial charge in [0.25, 0.3) is 0 Å². The van der Waals surface area contributed by atoms with Crippen LogP contribution in [0, 0.1) is 13.8 Å². The van der Waals surface area contributed by atoms with Gasteiger partial charge in [-0.1, -0.05) is 80.5 Å². The van der Waals surface area contributed by atoms with Crippen LogP contribution in [-0.2, 0) is 23.3 Å². The SMILES string of the molecule is C/C=C(C)\C=C/c1ccc2ncc(-c3cnn(C)c3)cc2c(=O)c1C.C=S(=O)(CC)NCc1cccc(C)c1.CC. The van der Waals surface area contributed by atoms with Gasteiger partial charge in [0, 0.05) is 63.5 Å². The monoisotopic (exact) mass is 572 g/mol. The molecule has 2 aromatic carbocycles. The molecule has 4 rings (SSSR count). The molecule has 0 fully saturated rings. The first-order chi connectivity index (χ1) is 19.5. The van der Waals surface area contributed by atoms with Gasteiger partial charge in [-0.15, -0.1) is 0 Å². The van der Waals surface area contributed by atoms with Crippen molar-refractivity contribution in [2.45, 2.75) is 55.0 Å². The largest absolute Gasteiger partial charge is 0.289 e. The Morgan fingerprint density at radius 3 is 2.44 bits per heavy atom. The highest BCUT2D eigenvalue weighted by Crippen LogP contribution is 2.21. The minimum absolute atomic E-state index is 0.0102. The van der Waals surface area contributed by atoms with E-state index in [1.165, 1.54) is 5.56 Å². The third-order valence-corrected chi connectivity index (χ3v) is 8.07. The fraction of sp³-hybridized carbons (Fsp3) is 0.294. The summed E-state index contributed by atoms with van der Waals surface area (Å²) in [6.45, 7) is 14.4. The van der Waals surface area contributed by atoms with Crippen molar-refractivity contribution < 1.29 is 4.21 Å². The van der Waals surface area contributed by atoms with E-state index in [0.717, 1.165) is 33.4 Å². The summed E-state index contributed by atoms with van der Waals surface area (Å²) in [5.41, 5.74) is 7.70. The maximum Gasteiger partial charge on any atom is 0.191 e. The Labute approximate surface area is 246 Å². The third-order valence-electron chi connectivity index (χ3n) is 6.46. The van der Waals surface area contributed by atoms with E-state index in [2.05, 4.69) is 26.7 Å². The second-order valence-corrected chi connectivity index (χ2v) is 12.1. The molecule has 0 saturated heterocycles. The average Bonchev–Trinajstić information content (AvgIpc) is 3.38. The summed E-state index contributed by atoms with van der Waals surface area (Å²) in [6, 6.07) is 13.9. The lowest BCUT2D eigenvalue weighted by Gasteiger charge is -2.08. The quantitative estimate of drug-likeness (QED) is 0.190. The maximum atomic E-state index is 12.9. The second kappa shape index (κ2) is 15.8. The molecule has 0 amide bonds. The number of aryl methyl sites for hydroxylation is 2. The highest BCUT2D eigenvalue weighted by molar-refractivity contribution is 7.98. The predicted molar refractivity (Wildman–Crippen MR) is 179 cm³/mol. The van der Waals surface area contributed by atoms with Crippen molar-refractivity contribution >= 4 is 32.6 Å². The fourth-order valence-electron chi connectivity index (χ4n) is 3.78. The molecule has 1 atom stereocenters. The first-order valence-corrected chi connectivity index (χ1v) is 15.8. The fourth-order valence-corrected chi connectivity index (χ4v) is 4.42. The molecular weight excluding hydrogens is 528 g/mol. The first-order valence-electron chi connectivity index (χ1n) is 13.9. The maximum absolute atomic E-state index is 12.9. The van der Waals surface area contributed by atoms with Gasteiger partial charge in [0.1, 0.15) is 0 Å². The topological polar surface area (TPSA) is 76.9 Å². The summed E-state index contributed by atoms with van der Waals surface area (Å²) in [7, 11) is -0.213. The van der Waals surface area contributed by atoms with Crippen LogP contribution in [0.5, 0.6) is 0 Å². The number of pyridine rings is 1. The summed E-state index contributed by atoms with van der Waals surface area (Å²) in [6.07, 6.45) is 11.5. The molecule has 41 heavy (non-hydrogen) atoms. The molecule has 0 spiro atoms. The summed E-state index contributed by atoms with van der Waals surface area (Å²) < 4.78 is 16.3. The molecule has 0 aliphatic carbocycles. The van der Waals surface area contributed by atoms with Gasteiger partial charge >= 0.3 is 0 Å². The van der Waals surface area contributed by atoms with Crippen LogP contribution in [0.4, 0.5) is 0 Å². The van der Waals surface area contributed by atoms with Crippen molar-refractivity contribution in [2.24, 2.45) is 7.05 Å². The number of nitrogens with zero attached hydrogens (tertiary/aromatic N) is 3. The number of aromatic nitrogens is 3. The molecule has 1 unspecified atom stereocenters. The smallest absolute Gasteiger partial charge is 0.191 e. The van der Waals surface area contributed by atoms with Crippen molar-refractivity contribution in [3.8, 4) is 11.1 Å². The van der Waals surface area contributed by atoms with Crippen LogP contribution in [-0.4, -0.2) is 30.6 Å². The molecule has 218 valence electrons. The van der Waals surface area contributed by atoms with Gasteiger partial charge in [0.2, 0.25) is 0 Å².